The normalized spacial score (nSPS) is 17.0. The third kappa shape index (κ3) is 5.55. The van der Waals surface area contributed by atoms with Crippen LogP contribution in [0.1, 0.15) is 24.8 Å². The molecule has 1 aromatic rings. The number of carbonyl (C=O) groups excluding carboxylic acids is 1. The van der Waals surface area contributed by atoms with Gasteiger partial charge in [0.1, 0.15) is 5.82 Å². The van der Waals surface area contributed by atoms with E-state index in [0.29, 0.717) is 5.92 Å². The third-order valence-electron chi connectivity index (χ3n) is 4.09. The number of piperidine rings is 1. The Hall–Kier alpha value is -1.17. The fourth-order valence-electron chi connectivity index (χ4n) is 2.75. The zero-order valence-corrected chi connectivity index (χ0v) is 13.4. The average molecular weight is 331 g/mol. The molecule has 124 valence electrons. The molecule has 2 rings (SSSR count). The van der Waals surface area contributed by atoms with Crippen LogP contribution in [0.3, 0.4) is 0 Å². The quantitative estimate of drug-likeness (QED) is 0.864. The lowest BCUT2D eigenvalue weighted by molar-refractivity contribution is -0.134. The number of hydrogen-bond donors (Lipinski definition) is 2. The molecular formula is C16H24ClFN2O2. The van der Waals surface area contributed by atoms with Gasteiger partial charge in [-0.1, -0.05) is 12.1 Å². The number of carbonyl (C=O) groups is 1. The van der Waals surface area contributed by atoms with Crippen molar-refractivity contribution < 1.29 is 14.3 Å². The van der Waals surface area contributed by atoms with Crippen molar-refractivity contribution in [2.24, 2.45) is 11.7 Å². The summed E-state index contributed by atoms with van der Waals surface area (Å²) in [6.45, 7) is 1.57. The van der Waals surface area contributed by atoms with E-state index in [1.165, 1.54) is 12.1 Å². The van der Waals surface area contributed by atoms with Gasteiger partial charge >= 0.3 is 0 Å². The summed E-state index contributed by atoms with van der Waals surface area (Å²) in [6.07, 6.45) is 2.19. The molecule has 1 aliphatic rings. The Morgan fingerprint density at radius 3 is 2.45 bits per heavy atom. The number of nitrogens with two attached hydrogens (primary N) is 1. The molecule has 1 fully saturated rings. The predicted octanol–water partition coefficient (Wildman–Crippen LogP) is 1.74. The first-order valence-electron chi connectivity index (χ1n) is 7.49. The van der Waals surface area contributed by atoms with Crippen LogP contribution in [-0.2, 0) is 11.2 Å². The summed E-state index contributed by atoms with van der Waals surface area (Å²) in [6, 6.07) is 6.62. The number of benzene rings is 1. The molecule has 0 saturated carbocycles. The molecule has 0 spiro atoms. The van der Waals surface area contributed by atoms with Gasteiger partial charge in [-0.05, 0) is 42.9 Å². The summed E-state index contributed by atoms with van der Waals surface area (Å²) >= 11 is 0. The molecule has 1 heterocycles. The molecule has 0 aromatic heterocycles. The summed E-state index contributed by atoms with van der Waals surface area (Å²) in [5, 5.41) is 9.43. The van der Waals surface area contributed by atoms with Crippen molar-refractivity contribution in [2.75, 3.05) is 19.6 Å². The van der Waals surface area contributed by atoms with Crippen LogP contribution in [0.5, 0.6) is 0 Å². The van der Waals surface area contributed by atoms with E-state index in [1.807, 2.05) is 12.1 Å². The minimum atomic E-state index is -0.741. The highest BCUT2D eigenvalue weighted by molar-refractivity contribution is 5.85. The molecule has 1 atom stereocenters. The Morgan fingerprint density at radius 1 is 1.32 bits per heavy atom. The lowest BCUT2D eigenvalue weighted by Crippen LogP contribution is -2.41. The number of nitrogens with zero attached hydrogens (tertiary/aromatic N) is 1. The number of halogens is 2. The first kappa shape index (κ1) is 18.9. The maximum atomic E-state index is 12.9. The van der Waals surface area contributed by atoms with E-state index in [0.717, 1.165) is 37.9 Å². The van der Waals surface area contributed by atoms with Crippen molar-refractivity contribution in [2.45, 2.75) is 31.8 Å². The topological polar surface area (TPSA) is 66.6 Å². The molecule has 1 aliphatic heterocycles. The van der Waals surface area contributed by atoms with Gasteiger partial charge in [0, 0.05) is 19.6 Å². The van der Waals surface area contributed by atoms with E-state index >= 15 is 0 Å². The summed E-state index contributed by atoms with van der Waals surface area (Å²) in [7, 11) is 0. The molecule has 0 bridgehead atoms. The van der Waals surface area contributed by atoms with Gasteiger partial charge in [0.25, 0.3) is 0 Å². The lowest BCUT2D eigenvalue weighted by Gasteiger charge is -2.32. The van der Waals surface area contributed by atoms with Crippen LogP contribution in [0.25, 0.3) is 0 Å². The SMILES string of the molecule is Cl.NCC(O)CC(=O)N1CCC(Cc2ccc(F)cc2)CC1. The second-order valence-electron chi connectivity index (χ2n) is 5.75. The minimum Gasteiger partial charge on any atom is -0.391 e. The molecule has 1 unspecified atom stereocenters. The molecule has 6 heteroatoms. The van der Waals surface area contributed by atoms with Crippen LogP contribution in [0, 0.1) is 11.7 Å². The zero-order valence-electron chi connectivity index (χ0n) is 12.6. The number of aliphatic hydroxyl groups is 1. The first-order chi connectivity index (χ1) is 10.1. The highest BCUT2D eigenvalue weighted by Crippen LogP contribution is 2.22. The van der Waals surface area contributed by atoms with Crippen LogP contribution in [-0.4, -0.2) is 41.7 Å². The molecule has 3 N–H and O–H groups in total. The third-order valence-corrected chi connectivity index (χ3v) is 4.09. The Labute approximate surface area is 136 Å². The van der Waals surface area contributed by atoms with E-state index in [1.54, 1.807) is 4.90 Å². The van der Waals surface area contributed by atoms with E-state index < -0.39 is 6.10 Å². The number of rotatable bonds is 5. The highest BCUT2D eigenvalue weighted by Gasteiger charge is 2.24. The van der Waals surface area contributed by atoms with E-state index in [9.17, 15) is 14.3 Å². The van der Waals surface area contributed by atoms with Crippen molar-refractivity contribution in [1.29, 1.82) is 0 Å². The van der Waals surface area contributed by atoms with E-state index in [4.69, 9.17) is 5.73 Å². The van der Waals surface area contributed by atoms with E-state index in [2.05, 4.69) is 0 Å². The minimum absolute atomic E-state index is 0. The first-order valence-corrected chi connectivity index (χ1v) is 7.49. The number of amides is 1. The molecule has 1 amide bonds. The van der Waals surface area contributed by atoms with Gasteiger partial charge in [0.15, 0.2) is 0 Å². The molecule has 0 radical (unpaired) electrons. The Balaban J connectivity index is 0.00000242. The monoisotopic (exact) mass is 330 g/mol. The molecule has 1 saturated heterocycles. The second-order valence-corrected chi connectivity index (χ2v) is 5.75. The predicted molar refractivity (Wildman–Crippen MR) is 86.3 cm³/mol. The summed E-state index contributed by atoms with van der Waals surface area (Å²) in [5.41, 5.74) is 6.46. The molecule has 1 aromatic carbocycles. The van der Waals surface area contributed by atoms with Crippen LogP contribution in [0.2, 0.25) is 0 Å². The highest BCUT2D eigenvalue weighted by atomic mass is 35.5. The Kier molecular flexibility index (Phi) is 7.79. The maximum Gasteiger partial charge on any atom is 0.225 e. The second kappa shape index (κ2) is 9.08. The van der Waals surface area contributed by atoms with Gasteiger partial charge in [0.2, 0.25) is 5.91 Å². The van der Waals surface area contributed by atoms with Crippen molar-refractivity contribution in [3.63, 3.8) is 0 Å². The number of aliphatic hydroxyl groups excluding tert-OH is 1. The van der Waals surface area contributed by atoms with Crippen molar-refractivity contribution in [1.82, 2.24) is 4.90 Å². The standard InChI is InChI=1S/C16H23FN2O2.ClH/c17-14-3-1-12(2-4-14)9-13-5-7-19(8-6-13)16(21)10-15(20)11-18;/h1-4,13,15,20H,5-11,18H2;1H. The van der Waals surface area contributed by atoms with Gasteiger partial charge in [-0.15, -0.1) is 12.4 Å². The van der Waals surface area contributed by atoms with Gasteiger partial charge in [0.05, 0.1) is 12.5 Å². The van der Waals surface area contributed by atoms with Crippen LogP contribution in [0.15, 0.2) is 24.3 Å². The molecule has 0 aliphatic carbocycles. The fourth-order valence-corrected chi connectivity index (χ4v) is 2.75. The van der Waals surface area contributed by atoms with Crippen LogP contribution < -0.4 is 5.73 Å². The zero-order chi connectivity index (χ0) is 15.2. The van der Waals surface area contributed by atoms with Crippen LogP contribution >= 0.6 is 12.4 Å². The summed E-state index contributed by atoms with van der Waals surface area (Å²) in [4.78, 5) is 13.7. The van der Waals surface area contributed by atoms with E-state index in [-0.39, 0.29) is 37.1 Å². The smallest absolute Gasteiger partial charge is 0.225 e. The van der Waals surface area contributed by atoms with Gasteiger partial charge in [-0.2, -0.15) is 0 Å². The average Bonchev–Trinajstić information content (AvgIpc) is 2.50. The fraction of sp³-hybridized carbons (Fsp3) is 0.562. The number of hydrogen-bond acceptors (Lipinski definition) is 3. The van der Waals surface area contributed by atoms with Gasteiger partial charge < -0.3 is 15.7 Å². The lowest BCUT2D eigenvalue weighted by atomic mass is 9.90. The Bertz CT molecular complexity index is 462. The van der Waals surface area contributed by atoms with Gasteiger partial charge in [-0.3, -0.25) is 4.79 Å². The van der Waals surface area contributed by atoms with Crippen LogP contribution in [0.4, 0.5) is 4.39 Å². The summed E-state index contributed by atoms with van der Waals surface area (Å²) in [5.74, 6) is 0.296. The number of likely N-dealkylation sites (tertiary alicyclic amines) is 1. The van der Waals surface area contributed by atoms with Crippen molar-refractivity contribution in [3.8, 4) is 0 Å². The van der Waals surface area contributed by atoms with Crippen molar-refractivity contribution >= 4 is 18.3 Å². The Morgan fingerprint density at radius 2 is 1.91 bits per heavy atom. The van der Waals surface area contributed by atoms with Crippen molar-refractivity contribution in [3.05, 3.63) is 35.6 Å². The largest absolute Gasteiger partial charge is 0.391 e. The van der Waals surface area contributed by atoms with Gasteiger partial charge in [-0.25, -0.2) is 4.39 Å². The summed E-state index contributed by atoms with van der Waals surface area (Å²) < 4.78 is 12.9. The molecule has 4 nitrogen and oxygen atoms in total. The maximum absolute atomic E-state index is 12.9. The molecular weight excluding hydrogens is 307 g/mol. The molecule has 22 heavy (non-hydrogen) atoms.